The number of benzene rings is 1. The summed E-state index contributed by atoms with van der Waals surface area (Å²) in [5.41, 5.74) is 8.11. The quantitative estimate of drug-likeness (QED) is 0.805. The molecule has 1 aromatic heterocycles. The van der Waals surface area contributed by atoms with Crippen LogP contribution in [0.5, 0.6) is 0 Å². The van der Waals surface area contributed by atoms with E-state index in [0.29, 0.717) is 0 Å². The molecule has 0 aliphatic heterocycles. The van der Waals surface area contributed by atoms with Gasteiger partial charge in [0.25, 0.3) is 0 Å². The van der Waals surface area contributed by atoms with Crippen LogP contribution in [-0.2, 0) is 0 Å². The van der Waals surface area contributed by atoms with Gasteiger partial charge < -0.3 is 10.2 Å². The summed E-state index contributed by atoms with van der Waals surface area (Å²) in [4.78, 5) is 0. The maximum absolute atomic E-state index is 6.06. The molecular weight excluding hydrogens is 174 g/mol. The summed E-state index contributed by atoms with van der Waals surface area (Å²) in [6.45, 7) is 2.14. The molecular formula is C12H15NO. The van der Waals surface area contributed by atoms with Crippen LogP contribution in [0.4, 0.5) is 0 Å². The van der Waals surface area contributed by atoms with E-state index in [0.717, 1.165) is 29.4 Å². The first-order chi connectivity index (χ1) is 6.83. The fourth-order valence-electron chi connectivity index (χ4n) is 1.75. The van der Waals surface area contributed by atoms with Crippen molar-refractivity contribution < 1.29 is 4.42 Å². The lowest BCUT2D eigenvalue weighted by Gasteiger charge is -2.07. The Morgan fingerprint density at radius 3 is 2.93 bits per heavy atom. The third-order valence-electron chi connectivity index (χ3n) is 2.51. The van der Waals surface area contributed by atoms with Crippen molar-refractivity contribution in [3.63, 3.8) is 0 Å². The molecule has 0 radical (unpaired) electrons. The minimum atomic E-state index is 0.101. The zero-order chi connectivity index (χ0) is 9.97. The van der Waals surface area contributed by atoms with Gasteiger partial charge in [0, 0.05) is 17.0 Å². The fraction of sp³-hybridized carbons (Fsp3) is 0.333. The Morgan fingerprint density at radius 2 is 2.14 bits per heavy atom. The van der Waals surface area contributed by atoms with Crippen molar-refractivity contribution >= 4 is 11.0 Å². The molecule has 74 valence electrons. The van der Waals surface area contributed by atoms with Crippen molar-refractivity contribution in [2.45, 2.75) is 25.8 Å². The number of para-hydroxylation sites is 1. The lowest BCUT2D eigenvalue weighted by Crippen LogP contribution is -2.08. The van der Waals surface area contributed by atoms with Crippen LogP contribution in [-0.4, -0.2) is 0 Å². The molecule has 0 aliphatic rings. The van der Waals surface area contributed by atoms with E-state index in [1.165, 1.54) is 0 Å². The lowest BCUT2D eigenvalue weighted by molar-refractivity contribution is 0.586. The number of furan rings is 1. The zero-order valence-corrected chi connectivity index (χ0v) is 8.36. The molecule has 14 heavy (non-hydrogen) atoms. The van der Waals surface area contributed by atoms with Gasteiger partial charge in [0.05, 0.1) is 6.26 Å². The number of hydrogen-bond donors (Lipinski definition) is 1. The maximum atomic E-state index is 6.06. The van der Waals surface area contributed by atoms with Gasteiger partial charge in [-0.2, -0.15) is 0 Å². The highest BCUT2D eigenvalue weighted by Gasteiger charge is 2.11. The standard InChI is InChI=1S/C12H15NO/c1-2-5-11(13)10-8-14-12-7-4-3-6-9(10)12/h3-4,6-8,11H,2,5,13H2,1H3/t11-/m1/s1. The fourth-order valence-corrected chi connectivity index (χ4v) is 1.75. The summed E-state index contributed by atoms with van der Waals surface area (Å²) >= 11 is 0. The molecule has 0 spiro atoms. The summed E-state index contributed by atoms with van der Waals surface area (Å²) in [6.07, 6.45) is 3.88. The molecule has 2 aromatic rings. The third-order valence-corrected chi connectivity index (χ3v) is 2.51. The molecule has 0 unspecified atom stereocenters. The van der Waals surface area contributed by atoms with Gasteiger partial charge in [-0.25, -0.2) is 0 Å². The van der Waals surface area contributed by atoms with Crippen LogP contribution >= 0.6 is 0 Å². The normalized spacial score (nSPS) is 13.3. The van der Waals surface area contributed by atoms with Crippen LogP contribution < -0.4 is 5.73 Å². The van der Waals surface area contributed by atoms with E-state index in [4.69, 9.17) is 10.2 Å². The van der Waals surface area contributed by atoms with Gasteiger partial charge in [-0.15, -0.1) is 0 Å². The molecule has 0 aliphatic carbocycles. The van der Waals surface area contributed by atoms with Crippen LogP contribution in [0, 0.1) is 0 Å². The summed E-state index contributed by atoms with van der Waals surface area (Å²) in [7, 11) is 0. The SMILES string of the molecule is CCC[C@@H](N)c1coc2ccccc12. The Bertz CT molecular complexity index is 419. The smallest absolute Gasteiger partial charge is 0.134 e. The molecule has 1 heterocycles. The van der Waals surface area contributed by atoms with E-state index in [1.807, 2.05) is 18.2 Å². The van der Waals surface area contributed by atoms with E-state index < -0.39 is 0 Å². The second-order valence-electron chi connectivity index (χ2n) is 3.58. The van der Waals surface area contributed by atoms with E-state index in [9.17, 15) is 0 Å². The molecule has 2 rings (SSSR count). The van der Waals surface area contributed by atoms with Crippen molar-refractivity contribution in [2.24, 2.45) is 5.73 Å². The number of fused-ring (bicyclic) bond motifs is 1. The third kappa shape index (κ3) is 1.53. The zero-order valence-electron chi connectivity index (χ0n) is 8.36. The molecule has 2 nitrogen and oxygen atoms in total. The topological polar surface area (TPSA) is 39.2 Å². The second-order valence-corrected chi connectivity index (χ2v) is 3.58. The Balaban J connectivity index is 2.42. The van der Waals surface area contributed by atoms with Gasteiger partial charge in [0.2, 0.25) is 0 Å². The second kappa shape index (κ2) is 3.84. The molecule has 1 atom stereocenters. The van der Waals surface area contributed by atoms with Gasteiger partial charge >= 0.3 is 0 Å². The minimum absolute atomic E-state index is 0.101. The van der Waals surface area contributed by atoms with Gasteiger partial charge in [-0.1, -0.05) is 31.5 Å². The maximum Gasteiger partial charge on any atom is 0.134 e. The molecule has 0 fully saturated rings. The Labute approximate surface area is 83.7 Å². The minimum Gasteiger partial charge on any atom is -0.464 e. The van der Waals surface area contributed by atoms with Gasteiger partial charge in [0.1, 0.15) is 5.58 Å². The Hall–Kier alpha value is -1.28. The Morgan fingerprint density at radius 1 is 1.36 bits per heavy atom. The van der Waals surface area contributed by atoms with E-state index in [2.05, 4.69) is 13.0 Å². The van der Waals surface area contributed by atoms with Gasteiger partial charge in [-0.3, -0.25) is 0 Å². The highest BCUT2D eigenvalue weighted by Crippen LogP contribution is 2.26. The predicted molar refractivity (Wildman–Crippen MR) is 58.1 cm³/mol. The summed E-state index contributed by atoms with van der Waals surface area (Å²) in [5, 5.41) is 1.15. The molecule has 0 saturated carbocycles. The molecule has 0 bridgehead atoms. The monoisotopic (exact) mass is 189 g/mol. The van der Waals surface area contributed by atoms with Crippen LogP contribution in [0.25, 0.3) is 11.0 Å². The molecule has 0 saturated heterocycles. The van der Waals surface area contributed by atoms with E-state index >= 15 is 0 Å². The molecule has 0 amide bonds. The average Bonchev–Trinajstić information content (AvgIpc) is 2.61. The van der Waals surface area contributed by atoms with E-state index in [-0.39, 0.29) is 6.04 Å². The first-order valence-electron chi connectivity index (χ1n) is 5.04. The van der Waals surface area contributed by atoms with Crippen molar-refractivity contribution in [1.29, 1.82) is 0 Å². The highest BCUT2D eigenvalue weighted by atomic mass is 16.3. The van der Waals surface area contributed by atoms with Gasteiger partial charge in [0.15, 0.2) is 0 Å². The predicted octanol–water partition coefficient (Wildman–Crippen LogP) is 3.23. The van der Waals surface area contributed by atoms with Crippen molar-refractivity contribution in [3.8, 4) is 0 Å². The largest absolute Gasteiger partial charge is 0.464 e. The van der Waals surface area contributed by atoms with Gasteiger partial charge in [-0.05, 0) is 12.5 Å². The van der Waals surface area contributed by atoms with Crippen LogP contribution in [0.1, 0.15) is 31.4 Å². The summed E-state index contributed by atoms with van der Waals surface area (Å²) in [6, 6.07) is 8.12. The molecule has 2 N–H and O–H groups in total. The van der Waals surface area contributed by atoms with Crippen LogP contribution in [0.2, 0.25) is 0 Å². The summed E-state index contributed by atoms with van der Waals surface area (Å²) in [5.74, 6) is 0. The van der Waals surface area contributed by atoms with E-state index in [1.54, 1.807) is 6.26 Å². The van der Waals surface area contributed by atoms with Crippen molar-refractivity contribution in [3.05, 3.63) is 36.1 Å². The van der Waals surface area contributed by atoms with Crippen LogP contribution in [0.3, 0.4) is 0 Å². The van der Waals surface area contributed by atoms with Crippen molar-refractivity contribution in [1.82, 2.24) is 0 Å². The molecule has 1 aromatic carbocycles. The Kier molecular flexibility index (Phi) is 2.55. The highest BCUT2D eigenvalue weighted by molar-refractivity contribution is 5.81. The number of rotatable bonds is 3. The molecule has 2 heteroatoms. The van der Waals surface area contributed by atoms with Crippen molar-refractivity contribution in [2.75, 3.05) is 0 Å². The summed E-state index contributed by atoms with van der Waals surface area (Å²) < 4.78 is 5.44. The first kappa shape index (κ1) is 9.28. The number of nitrogens with two attached hydrogens (primary N) is 1. The number of hydrogen-bond acceptors (Lipinski definition) is 2. The van der Waals surface area contributed by atoms with Crippen LogP contribution in [0.15, 0.2) is 34.9 Å². The lowest BCUT2D eigenvalue weighted by atomic mass is 10.0. The average molecular weight is 189 g/mol. The first-order valence-corrected chi connectivity index (χ1v) is 5.04.